The molecule has 29 heavy (non-hydrogen) atoms. The molecule has 0 saturated carbocycles. The SMILES string of the molecule is CCOc1ccccc1N1CCN(CC(=O)NC(=O)Nc2ccccc2F)CC1. The number of anilines is 2. The number of para-hydroxylation sites is 3. The van der Waals surface area contributed by atoms with Crippen molar-refractivity contribution >= 4 is 23.3 Å². The van der Waals surface area contributed by atoms with E-state index in [1.807, 2.05) is 36.1 Å². The van der Waals surface area contributed by atoms with Crippen LogP contribution in [-0.2, 0) is 4.79 Å². The molecule has 7 nitrogen and oxygen atoms in total. The van der Waals surface area contributed by atoms with E-state index in [1.165, 1.54) is 18.2 Å². The van der Waals surface area contributed by atoms with Crippen LogP contribution < -0.4 is 20.3 Å². The predicted molar refractivity (Wildman–Crippen MR) is 110 cm³/mol. The number of hydrogen-bond acceptors (Lipinski definition) is 5. The van der Waals surface area contributed by atoms with Crippen molar-refractivity contribution in [3.8, 4) is 5.75 Å². The van der Waals surface area contributed by atoms with E-state index in [0.717, 1.165) is 24.5 Å². The smallest absolute Gasteiger partial charge is 0.326 e. The molecule has 0 bridgehead atoms. The average molecular weight is 400 g/mol. The number of halogens is 1. The molecule has 3 amide bonds. The van der Waals surface area contributed by atoms with Crippen molar-refractivity contribution in [1.29, 1.82) is 0 Å². The van der Waals surface area contributed by atoms with Crippen LogP contribution in [0.15, 0.2) is 48.5 Å². The van der Waals surface area contributed by atoms with Crippen LogP contribution in [0.5, 0.6) is 5.75 Å². The molecular weight excluding hydrogens is 375 g/mol. The maximum absolute atomic E-state index is 13.6. The number of piperazine rings is 1. The summed E-state index contributed by atoms with van der Waals surface area (Å²) in [7, 11) is 0. The van der Waals surface area contributed by atoms with E-state index in [4.69, 9.17) is 4.74 Å². The van der Waals surface area contributed by atoms with Gasteiger partial charge in [0, 0.05) is 26.2 Å². The van der Waals surface area contributed by atoms with Crippen molar-refractivity contribution in [3.05, 3.63) is 54.3 Å². The average Bonchev–Trinajstić information content (AvgIpc) is 2.71. The third-order valence-corrected chi connectivity index (χ3v) is 4.62. The maximum atomic E-state index is 13.6. The molecule has 3 rings (SSSR count). The Hall–Kier alpha value is -3.13. The number of nitrogens with one attached hydrogen (secondary N) is 2. The molecular formula is C21H25FN4O3. The van der Waals surface area contributed by atoms with E-state index >= 15 is 0 Å². The molecule has 1 saturated heterocycles. The van der Waals surface area contributed by atoms with Crippen LogP contribution in [0, 0.1) is 5.82 Å². The largest absolute Gasteiger partial charge is 0.492 e. The van der Waals surface area contributed by atoms with E-state index in [9.17, 15) is 14.0 Å². The van der Waals surface area contributed by atoms with Gasteiger partial charge >= 0.3 is 6.03 Å². The molecule has 0 unspecified atom stereocenters. The molecule has 1 aliphatic heterocycles. The second kappa shape index (κ2) is 9.88. The topological polar surface area (TPSA) is 73.9 Å². The van der Waals surface area contributed by atoms with E-state index < -0.39 is 17.8 Å². The molecule has 2 aromatic carbocycles. The Bertz CT molecular complexity index is 853. The van der Waals surface area contributed by atoms with Gasteiger partial charge in [0.1, 0.15) is 11.6 Å². The summed E-state index contributed by atoms with van der Waals surface area (Å²) in [6.45, 7) is 5.52. The highest BCUT2D eigenvalue weighted by molar-refractivity contribution is 6.01. The van der Waals surface area contributed by atoms with Gasteiger partial charge in [-0.15, -0.1) is 0 Å². The molecule has 154 valence electrons. The number of rotatable bonds is 6. The molecule has 0 spiro atoms. The van der Waals surface area contributed by atoms with E-state index in [0.29, 0.717) is 19.7 Å². The van der Waals surface area contributed by atoms with Gasteiger partial charge in [0.15, 0.2) is 0 Å². The van der Waals surface area contributed by atoms with Crippen molar-refractivity contribution in [1.82, 2.24) is 10.2 Å². The highest BCUT2D eigenvalue weighted by atomic mass is 19.1. The third kappa shape index (κ3) is 5.68. The normalized spacial score (nSPS) is 14.3. The summed E-state index contributed by atoms with van der Waals surface area (Å²) in [5, 5.41) is 4.58. The molecule has 2 N–H and O–H groups in total. The fraction of sp³-hybridized carbons (Fsp3) is 0.333. The minimum atomic E-state index is -0.746. The highest BCUT2D eigenvalue weighted by Crippen LogP contribution is 2.28. The minimum Gasteiger partial charge on any atom is -0.492 e. The molecule has 1 fully saturated rings. The number of hydrogen-bond donors (Lipinski definition) is 2. The summed E-state index contributed by atoms with van der Waals surface area (Å²) in [5.74, 6) is -0.133. The van der Waals surface area contributed by atoms with Crippen LogP contribution in [0.2, 0.25) is 0 Å². The number of amides is 3. The number of urea groups is 1. The quantitative estimate of drug-likeness (QED) is 0.780. The first-order valence-electron chi connectivity index (χ1n) is 9.61. The number of ether oxygens (including phenoxy) is 1. The summed E-state index contributed by atoms with van der Waals surface area (Å²) in [6, 6.07) is 12.9. The van der Waals surface area contributed by atoms with Crippen LogP contribution in [-0.4, -0.2) is 56.2 Å². The van der Waals surface area contributed by atoms with Gasteiger partial charge in [-0.2, -0.15) is 0 Å². The van der Waals surface area contributed by atoms with Crippen molar-refractivity contribution in [2.75, 3.05) is 49.5 Å². The van der Waals surface area contributed by atoms with Crippen molar-refractivity contribution < 1.29 is 18.7 Å². The van der Waals surface area contributed by atoms with Crippen molar-refractivity contribution in [3.63, 3.8) is 0 Å². The van der Waals surface area contributed by atoms with Gasteiger partial charge in [-0.1, -0.05) is 24.3 Å². The monoisotopic (exact) mass is 400 g/mol. The molecule has 2 aromatic rings. The van der Waals surface area contributed by atoms with Crippen LogP contribution in [0.3, 0.4) is 0 Å². The Balaban J connectivity index is 1.46. The lowest BCUT2D eigenvalue weighted by Crippen LogP contribution is -2.50. The lowest BCUT2D eigenvalue weighted by Gasteiger charge is -2.36. The Morgan fingerprint density at radius 1 is 1.03 bits per heavy atom. The minimum absolute atomic E-state index is 0.0272. The molecule has 8 heteroatoms. The number of nitrogens with zero attached hydrogens (tertiary/aromatic N) is 2. The maximum Gasteiger partial charge on any atom is 0.326 e. The number of imide groups is 1. The molecule has 0 atom stereocenters. The zero-order valence-corrected chi connectivity index (χ0v) is 16.4. The summed E-state index contributed by atoms with van der Waals surface area (Å²) in [5.41, 5.74) is 1.07. The number of carbonyl (C=O) groups excluding carboxylic acids is 2. The predicted octanol–water partition coefficient (Wildman–Crippen LogP) is 2.69. The van der Waals surface area contributed by atoms with E-state index in [2.05, 4.69) is 15.5 Å². The van der Waals surface area contributed by atoms with E-state index in [1.54, 1.807) is 6.07 Å². The first-order chi connectivity index (χ1) is 14.1. The number of benzene rings is 2. The molecule has 1 aliphatic rings. The van der Waals surface area contributed by atoms with Gasteiger partial charge in [0.25, 0.3) is 0 Å². The summed E-state index contributed by atoms with van der Waals surface area (Å²) in [6.07, 6.45) is 0. The second-order valence-electron chi connectivity index (χ2n) is 6.65. The highest BCUT2D eigenvalue weighted by Gasteiger charge is 2.22. The fourth-order valence-corrected chi connectivity index (χ4v) is 3.23. The zero-order valence-electron chi connectivity index (χ0n) is 16.4. The fourth-order valence-electron chi connectivity index (χ4n) is 3.23. The molecule has 1 heterocycles. The van der Waals surface area contributed by atoms with Crippen molar-refractivity contribution in [2.24, 2.45) is 0 Å². The molecule has 0 aromatic heterocycles. The summed E-state index contributed by atoms with van der Waals surface area (Å²) in [4.78, 5) is 28.3. The van der Waals surface area contributed by atoms with E-state index in [-0.39, 0.29) is 12.2 Å². The Labute approximate surface area is 169 Å². The lowest BCUT2D eigenvalue weighted by molar-refractivity contribution is -0.121. The summed E-state index contributed by atoms with van der Waals surface area (Å²) < 4.78 is 19.3. The van der Waals surface area contributed by atoms with Crippen LogP contribution >= 0.6 is 0 Å². The van der Waals surface area contributed by atoms with Gasteiger partial charge < -0.3 is 15.0 Å². The van der Waals surface area contributed by atoms with Gasteiger partial charge in [-0.05, 0) is 31.2 Å². The van der Waals surface area contributed by atoms with Gasteiger partial charge in [0.2, 0.25) is 5.91 Å². The standard InChI is InChI=1S/C21H25FN4O3/c1-2-29-19-10-6-5-9-18(19)26-13-11-25(12-14-26)15-20(27)24-21(28)23-17-8-4-3-7-16(17)22/h3-10H,2,11-15H2,1H3,(H2,23,24,27,28). The van der Waals surface area contributed by atoms with Crippen LogP contribution in [0.1, 0.15) is 6.92 Å². The Kier molecular flexibility index (Phi) is 7.02. The Morgan fingerprint density at radius 3 is 2.45 bits per heavy atom. The first kappa shape index (κ1) is 20.6. The molecule has 0 aliphatic carbocycles. The number of carbonyl (C=O) groups is 2. The Morgan fingerprint density at radius 2 is 1.72 bits per heavy atom. The zero-order chi connectivity index (χ0) is 20.6. The van der Waals surface area contributed by atoms with Crippen molar-refractivity contribution in [2.45, 2.75) is 6.92 Å². The summed E-state index contributed by atoms with van der Waals surface area (Å²) >= 11 is 0. The van der Waals surface area contributed by atoms with Crippen LogP contribution in [0.4, 0.5) is 20.6 Å². The van der Waals surface area contributed by atoms with Crippen LogP contribution in [0.25, 0.3) is 0 Å². The van der Waals surface area contributed by atoms with Gasteiger partial charge in [-0.25, -0.2) is 9.18 Å². The second-order valence-corrected chi connectivity index (χ2v) is 6.65. The molecule has 0 radical (unpaired) electrons. The lowest BCUT2D eigenvalue weighted by atomic mass is 10.2. The van der Waals surface area contributed by atoms with Gasteiger partial charge in [-0.3, -0.25) is 15.0 Å². The van der Waals surface area contributed by atoms with Gasteiger partial charge in [0.05, 0.1) is 24.5 Å². The first-order valence-corrected chi connectivity index (χ1v) is 9.61. The third-order valence-electron chi connectivity index (χ3n) is 4.62.